The zero-order valence-electron chi connectivity index (χ0n) is 17.5. The van der Waals surface area contributed by atoms with Crippen LogP contribution in [0.1, 0.15) is 18.1 Å². The highest BCUT2D eigenvalue weighted by Crippen LogP contribution is 2.37. The number of hydrogen-bond donors (Lipinski definition) is 1. The van der Waals surface area contributed by atoms with Crippen LogP contribution in [0.4, 0.5) is 11.4 Å². The van der Waals surface area contributed by atoms with Crippen LogP contribution in [0.25, 0.3) is 0 Å². The monoisotopic (exact) mass is 416 g/mol. The van der Waals surface area contributed by atoms with Gasteiger partial charge >= 0.3 is 0 Å². The van der Waals surface area contributed by atoms with Crippen molar-refractivity contribution < 1.29 is 19.1 Å². The number of anilines is 2. The summed E-state index contributed by atoms with van der Waals surface area (Å²) in [6.45, 7) is 2.20. The number of benzene rings is 3. The van der Waals surface area contributed by atoms with E-state index in [9.17, 15) is 9.59 Å². The van der Waals surface area contributed by atoms with Crippen molar-refractivity contribution in [3.8, 4) is 11.5 Å². The first-order chi connectivity index (χ1) is 15.0. The van der Waals surface area contributed by atoms with Crippen molar-refractivity contribution >= 4 is 23.2 Å². The minimum Gasteiger partial charge on any atom is -0.497 e. The van der Waals surface area contributed by atoms with Crippen LogP contribution in [0.2, 0.25) is 0 Å². The highest BCUT2D eigenvalue weighted by molar-refractivity contribution is 6.00. The first kappa shape index (κ1) is 20.5. The van der Waals surface area contributed by atoms with E-state index in [1.54, 1.807) is 31.1 Å². The fraction of sp³-hybridized carbons (Fsp3) is 0.200. The number of amides is 2. The van der Waals surface area contributed by atoms with Crippen molar-refractivity contribution in [3.05, 3.63) is 83.9 Å². The van der Waals surface area contributed by atoms with Gasteiger partial charge in [-0.05, 0) is 42.3 Å². The summed E-state index contributed by atoms with van der Waals surface area (Å²) in [4.78, 5) is 26.9. The SMILES string of the molecule is COc1ccc(CC(=O)Nc2ccc3c(c2)OC(C)C(=O)N3Cc2ccccc2)cc1. The van der Waals surface area contributed by atoms with Crippen molar-refractivity contribution in [2.24, 2.45) is 0 Å². The lowest BCUT2D eigenvalue weighted by Gasteiger charge is -2.33. The van der Waals surface area contributed by atoms with E-state index in [4.69, 9.17) is 9.47 Å². The normalized spacial score (nSPS) is 15.1. The highest BCUT2D eigenvalue weighted by atomic mass is 16.5. The molecule has 1 aliphatic heterocycles. The van der Waals surface area contributed by atoms with Gasteiger partial charge in [-0.3, -0.25) is 9.59 Å². The Balaban J connectivity index is 1.49. The van der Waals surface area contributed by atoms with Gasteiger partial charge in [0.25, 0.3) is 5.91 Å². The lowest BCUT2D eigenvalue weighted by Crippen LogP contribution is -2.44. The van der Waals surface area contributed by atoms with Crippen molar-refractivity contribution in [1.29, 1.82) is 0 Å². The zero-order chi connectivity index (χ0) is 21.8. The molecule has 0 saturated heterocycles. The van der Waals surface area contributed by atoms with Gasteiger partial charge in [-0.25, -0.2) is 0 Å². The minimum absolute atomic E-state index is 0.0901. The molecule has 1 atom stereocenters. The van der Waals surface area contributed by atoms with Crippen molar-refractivity contribution in [1.82, 2.24) is 0 Å². The number of carbonyl (C=O) groups excluding carboxylic acids is 2. The Morgan fingerprint density at radius 3 is 2.48 bits per heavy atom. The van der Waals surface area contributed by atoms with Crippen LogP contribution < -0.4 is 19.7 Å². The van der Waals surface area contributed by atoms with Crippen LogP contribution in [0.5, 0.6) is 11.5 Å². The molecule has 3 aromatic rings. The van der Waals surface area contributed by atoms with Crippen LogP contribution in [0.3, 0.4) is 0 Å². The second kappa shape index (κ2) is 8.92. The third kappa shape index (κ3) is 4.69. The smallest absolute Gasteiger partial charge is 0.268 e. The quantitative estimate of drug-likeness (QED) is 0.654. The van der Waals surface area contributed by atoms with Crippen molar-refractivity contribution in [3.63, 3.8) is 0 Å². The van der Waals surface area contributed by atoms with E-state index < -0.39 is 6.10 Å². The van der Waals surface area contributed by atoms with Gasteiger partial charge < -0.3 is 19.7 Å². The zero-order valence-corrected chi connectivity index (χ0v) is 17.5. The molecule has 0 aromatic heterocycles. The molecule has 2 amide bonds. The largest absolute Gasteiger partial charge is 0.497 e. The van der Waals surface area contributed by atoms with Gasteiger partial charge in [-0.15, -0.1) is 0 Å². The number of ether oxygens (including phenoxy) is 2. The third-order valence-corrected chi connectivity index (χ3v) is 5.16. The van der Waals surface area contributed by atoms with Crippen LogP contribution in [-0.4, -0.2) is 25.0 Å². The van der Waals surface area contributed by atoms with Gasteiger partial charge in [0.2, 0.25) is 5.91 Å². The summed E-state index contributed by atoms with van der Waals surface area (Å²) in [7, 11) is 1.61. The molecule has 0 aliphatic carbocycles. The summed E-state index contributed by atoms with van der Waals surface area (Å²) < 4.78 is 11.0. The molecule has 6 heteroatoms. The maximum Gasteiger partial charge on any atom is 0.268 e. The van der Waals surface area contributed by atoms with Gasteiger partial charge in [0.1, 0.15) is 11.5 Å². The second-order valence-corrected chi connectivity index (χ2v) is 7.43. The fourth-order valence-corrected chi connectivity index (χ4v) is 3.55. The van der Waals surface area contributed by atoms with Gasteiger partial charge in [-0.1, -0.05) is 42.5 Å². The number of fused-ring (bicyclic) bond motifs is 1. The molecule has 0 fully saturated rings. The van der Waals surface area contributed by atoms with Gasteiger partial charge in [0.05, 0.1) is 25.8 Å². The van der Waals surface area contributed by atoms with E-state index in [0.29, 0.717) is 23.7 Å². The maximum absolute atomic E-state index is 12.7. The molecule has 4 rings (SSSR count). The Morgan fingerprint density at radius 1 is 1.03 bits per heavy atom. The molecule has 0 spiro atoms. The Labute approximate surface area is 181 Å². The maximum atomic E-state index is 12.7. The third-order valence-electron chi connectivity index (χ3n) is 5.16. The fourth-order valence-electron chi connectivity index (χ4n) is 3.55. The summed E-state index contributed by atoms with van der Waals surface area (Å²) in [5.41, 5.74) is 3.24. The molecule has 6 nitrogen and oxygen atoms in total. The molecule has 1 unspecified atom stereocenters. The Kier molecular flexibility index (Phi) is 5.89. The van der Waals surface area contributed by atoms with E-state index in [2.05, 4.69) is 5.32 Å². The van der Waals surface area contributed by atoms with Crippen LogP contribution in [-0.2, 0) is 22.6 Å². The lowest BCUT2D eigenvalue weighted by molar-refractivity contribution is -0.125. The summed E-state index contributed by atoms with van der Waals surface area (Å²) in [5.74, 6) is 1.10. The first-order valence-corrected chi connectivity index (χ1v) is 10.1. The van der Waals surface area contributed by atoms with E-state index in [0.717, 1.165) is 16.9 Å². The number of carbonyl (C=O) groups is 2. The topological polar surface area (TPSA) is 67.9 Å². The minimum atomic E-state index is -0.596. The predicted molar refractivity (Wildman–Crippen MR) is 119 cm³/mol. The van der Waals surface area contributed by atoms with Gasteiger partial charge in [0, 0.05) is 11.8 Å². The summed E-state index contributed by atoms with van der Waals surface area (Å²) in [5, 5.41) is 2.91. The van der Waals surface area contributed by atoms with Gasteiger partial charge in [0.15, 0.2) is 6.10 Å². The first-order valence-electron chi connectivity index (χ1n) is 10.1. The Morgan fingerprint density at radius 2 is 1.77 bits per heavy atom. The van der Waals surface area contributed by atoms with Crippen LogP contribution in [0.15, 0.2) is 72.8 Å². The van der Waals surface area contributed by atoms with Crippen LogP contribution in [0, 0.1) is 0 Å². The highest BCUT2D eigenvalue weighted by Gasteiger charge is 2.31. The van der Waals surface area contributed by atoms with Crippen LogP contribution >= 0.6 is 0 Å². The average Bonchev–Trinajstić information content (AvgIpc) is 2.78. The van der Waals surface area contributed by atoms with Crippen molar-refractivity contribution in [2.45, 2.75) is 26.0 Å². The van der Waals surface area contributed by atoms with E-state index in [1.807, 2.05) is 60.7 Å². The van der Waals surface area contributed by atoms with E-state index in [1.165, 1.54) is 0 Å². The number of nitrogens with one attached hydrogen (secondary N) is 1. The number of methoxy groups -OCH3 is 1. The predicted octanol–water partition coefficient (Wildman–Crippen LogP) is 4.19. The molecule has 158 valence electrons. The standard InChI is InChI=1S/C25H24N2O4/c1-17-25(29)27(16-19-6-4-3-5-7-19)22-13-10-20(15-23(22)31-17)26-24(28)14-18-8-11-21(30-2)12-9-18/h3-13,15,17H,14,16H2,1-2H3,(H,26,28). The summed E-state index contributed by atoms with van der Waals surface area (Å²) in [6.07, 6.45) is -0.349. The van der Waals surface area contributed by atoms with Crippen molar-refractivity contribution in [2.75, 3.05) is 17.3 Å². The molecule has 0 bridgehead atoms. The molecular formula is C25H24N2O4. The molecule has 1 N–H and O–H groups in total. The number of rotatable bonds is 6. The summed E-state index contributed by atoms with van der Waals surface area (Å²) >= 11 is 0. The van der Waals surface area contributed by atoms with Gasteiger partial charge in [-0.2, -0.15) is 0 Å². The number of hydrogen-bond acceptors (Lipinski definition) is 4. The van der Waals surface area contributed by atoms with E-state index >= 15 is 0 Å². The Bertz CT molecular complexity index is 1080. The summed E-state index contributed by atoms with van der Waals surface area (Å²) in [6, 6.07) is 22.6. The molecule has 1 heterocycles. The molecular weight excluding hydrogens is 392 g/mol. The lowest BCUT2D eigenvalue weighted by atomic mass is 10.1. The molecule has 0 saturated carbocycles. The number of nitrogens with zero attached hydrogens (tertiary/aromatic N) is 1. The molecule has 31 heavy (non-hydrogen) atoms. The Hall–Kier alpha value is -3.80. The molecule has 0 radical (unpaired) electrons. The molecule has 1 aliphatic rings. The average molecular weight is 416 g/mol. The van der Waals surface area contributed by atoms with E-state index in [-0.39, 0.29) is 18.2 Å². The molecule has 3 aromatic carbocycles. The second-order valence-electron chi connectivity index (χ2n) is 7.43.